The molecule has 0 aliphatic rings. The Morgan fingerprint density at radius 3 is 2.52 bits per heavy atom. The molecule has 2 rings (SSSR count). The quantitative estimate of drug-likeness (QED) is 0.673. The van der Waals surface area contributed by atoms with Crippen LogP contribution in [-0.4, -0.2) is 25.8 Å². The first-order valence-electron chi connectivity index (χ1n) is 6.59. The molecule has 0 radical (unpaired) electrons. The van der Waals surface area contributed by atoms with Crippen molar-refractivity contribution < 1.29 is 14.8 Å². The molecule has 1 N–H and O–H groups in total. The lowest BCUT2D eigenvalue weighted by Gasteiger charge is -2.08. The van der Waals surface area contributed by atoms with Gasteiger partial charge in [0.25, 0.3) is 0 Å². The maximum Gasteiger partial charge on any atom is 0.337 e. The minimum atomic E-state index is -1.09. The van der Waals surface area contributed by atoms with Crippen LogP contribution < -0.4 is 0 Å². The summed E-state index contributed by atoms with van der Waals surface area (Å²) in [7, 11) is 0. The molecule has 0 atom stereocenters. The van der Waals surface area contributed by atoms with Gasteiger partial charge in [0, 0.05) is 0 Å². The second kappa shape index (κ2) is 5.74. The molecule has 1 aromatic heterocycles. The van der Waals surface area contributed by atoms with E-state index >= 15 is 0 Å². The van der Waals surface area contributed by atoms with Crippen molar-refractivity contribution in [3.63, 3.8) is 0 Å². The number of carboxylic acid groups (broad SMARTS) is 1. The Balaban J connectivity index is 2.76. The molecule has 0 saturated carbocycles. The monoisotopic (exact) mass is 289 g/mol. The summed E-state index contributed by atoms with van der Waals surface area (Å²) in [4.78, 5) is 22.1. The lowest BCUT2D eigenvalue weighted by molar-refractivity contribution is -0.386. The number of aromatic nitrogens is 2. The smallest absolute Gasteiger partial charge is 0.337 e. The fourth-order valence-electron chi connectivity index (χ4n) is 2.30. The van der Waals surface area contributed by atoms with Gasteiger partial charge in [-0.2, -0.15) is 5.10 Å². The summed E-state index contributed by atoms with van der Waals surface area (Å²) in [5, 5.41) is 24.8. The number of carboxylic acids is 1. The van der Waals surface area contributed by atoms with Crippen molar-refractivity contribution in [1.29, 1.82) is 0 Å². The van der Waals surface area contributed by atoms with Gasteiger partial charge in [0.2, 0.25) is 0 Å². The van der Waals surface area contributed by atoms with E-state index in [2.05, 4.69) is 5.10 Å². The average molecular weight is 289 g/mol. The Morgan fingerprint density at radius 1 is 1.33 bits per heavy atom. The Labute approximate surface area is 121 Å². The van der Waals surface area contributed by atoms with Gasteiger partial charge < -0.3 is 5.11 Å². The van der Waals surface area contributed by atoms with Gasteiger partial charge in [0.05, 0.1) is 16.2 Å². The van der Waals surface area contributed by atoms with Crippen LogP contribution in [0.3, 0.4) is 0 Å². The van der Waals surface area contributed by atoms with Crippen molar-refractivity contribution in [2.24, 2.45) is 0 Å². The number of benzene rings is 1. The number of nitro groups is 1. The molecular formula is C14H15N3O4. The molecule has 21 heavy (non-hydrogen) atoms. The topological polar surface area (TPSA) is 98.3 Å². The predicted molar refractivity (Wildman–Crippen MR) is 75.9 cm³/mol. The van der Waals surface area contributed by atoms with Crippen LogP contribution in [0, 0.1) is 10.1 Å². The van der Waals surface area contributed by atoms with Crippen molar-refractivity contribution in [2.75, 3.05) is 0 Å². The molecule has 0 bridgehead atoms. The molecule has 1 aromatic carbocycles. The predicted octanol–water partition coefficient (Wildman–Crippen LogP) is 2.60. The van der Waals surface area contributed by atoms with Gasteiger partial charge in [0.1, 0.15) is 11.4 Å². The number of carbonyl (C=O) groups is 1. The first kappa shape index (κ1) is 14.7. The molecule has 1 heterocycles. The molecule has 0 unspecified atom stereocenters. The maximum atomic E-state index is 11.3. The molecule has 0 aliphatic carbocycles. The lowest BCUT2D eigenvalue weighted by Crippen LogP contribution is -2.09. The van der Waals surface area contributed by atoms with E-state index in [-0.39, 0.29) is 11.3 Å². The largest absolute Gasteiger partial charge is 0.478 e. The normalized spacial score (nSPS) is 10.6. The van der Waals surface area contributed by atoms with Crippen LogP contribution in [0.15, 0.2) is 24.3 Å². The first-order valence-corrected chi connectivity index (χ1v) is 6.59. The Hall–Kier alpha value is -2.70. The lowest BCUT2D eigenvalue weighted by atomic mass is 10.1. The molecule has 110 valence electrons. The van der Waals surface area contributed by atoms with E-state index < -0.39 is 10.9 Å². The number of rotatable bonds is 5. The summed E-state index contributed by atoms with van der Waals surface area (Å²) in [6.07, 6.45) is 0.794. The molecule has 0 spiro atoms. The molecule has 0 amide bonds. The maximum absolute atomic E-state index is 11.3. The Kier molecular flexibility index (Phi) is 4.02. The minimum absolute atomic E-state index is 0.0276. The van der Waals surface area contributed by atoms with E-state index in [4.69, 9.17) is 0 Å². The highest BCUT2D eigenvalue weighted by atomic mass is 16.6. The van der Waals surface area contributed by atoms with E-state index in [1.807, 2.05) is 0 Å². The third kappa shape index (κ3) is 2.49. The third-order valence-electron chi connectivity index (χ3n) is 3.24. The van der Waals surface area contributed by atoms with Gasteiger partial charge in [-0.1, -0.05) is 26.0 Å². The zero-order valence-electron chi connectivity index (χ0n) is 11.7. The summed E-state index contributed by atoms with van der Waals surface area (Å²) in [6.45, 7) is 3.56. The van der Waals surface area contributed by atoms with Crippen LogP contribution in [-0.2, 0) is 12.8 Å². The van der Waals surface area contributed by atoms with Crippen molar-refractivity contribution in [3.8, 4) is 5.69 Å². The standard InChI is InChI=1S/C14H15N3O4/c1-3-10-13(17(20)21)11(4-2)16(15-10)12-8-6-5-7-9(12)14(18)19/h5-8H,3-4H2,1-2H3,(H,18,19). The van der Waals surface area contributed by atoms with Crippen LogP contribution in [0.5, 0.6) is 0 Å². The van der Waals surface area contributed by atoms with Gasteiger partial charge in [0.15, 0.2) is 0 Å². The van der Waals surface area contributed by atoms with Crippen molar-refractivity contribution in [1.82, 2.24) is 9.78 Å². The van der Waals surface area contributed by atoms with Crippen LogP contribution in [0.2, 0.25) is 0 Å². The molecular weight excluding hydrogens is 274 g/mol. The molecule has 2 aromatic rings. The Morgan fingerprint density at radius 2 is 2.00 bits per heavy atom. The van der Waals surface area contributed by atoms with E-state index in [9.17, 15) is 20.0 Å². The number of nitrogens with zero attached hydrogens (tertiary/aromatic N) is 3. The van der Waals surface area contributed by atoms with E-state index in [1.54, 1.807) is 32.0 Å². The molecule has 7 heteroatoms. The molecule has 0 aliphatic heterocycles. The third-order valence-corrected chi connectivity index (χ3v) is 3.24. The highest BCUT2D eigenvalue weighted by Crippen LogP contribution is 2.28. The van der Waals surface area contributed by atoms with Crippen LogP contribution in [0.25, 0.3) is 5.69 Å². The Bertz CT molecular complexity index is 706. The fraction of sp³-hybridized carbons (Fsp3) is 0.286. The number of para-hydroxylation sites is 1. The van der Waals surface area contributed by atoms with Gasteiger partial charge in [-0.15, -0.1) is 0 Å². The zero-order valence-corrected chi connectivity index (χ0v) is 11.7. The number of hydrogen-bond acceptors (Lipinski definition) is 4. The van der Waals surface area contributed by atoms with E-state index in [1.165, 1.54) is 10.7 Å². The van der Waals surface area contributed by atoms with Gasteiger partial charge >= 0.3 is 11.7 Å². The number of hydrogen-bond donors (Lipinski definition) is 1. The molecule has 0 fully saturated rings. The SMILES string of the molecule is CCc1nn(-c2ccccc2C(=O)O)c(CC)c1[N+](=O)[O-]. The van der Waals surface area contributed by atoms with Crippen LogP contribution >= 0.6 is 0 Å². The van der Waals surface area contributed by atoms with Crippen molar-refractivity contribution in [3.05, 3.63) is 51.3 Å². The minimum Gasteiger partial charge on any atom is -0.478 e. The number of aryl methyl sites for hydroxylation is 1. The fourth-order valence-corrected chi connectivity index (χ4v) is 2.30. The second-order valence-electron chi connectivity index (χ2n) is 4.44. The van der Waals surface area contributed by atoms with Crippen LogP contribution in [0.4, 0.5) is 5.69 Å². The highest BCUT2D eigenvalue weighted by Gasteiger charge is 2.27. The van der Waals surface area contributed by atoms with Crippen molar-refractivity contribution >= 4 is 11.7 Å². The van der Waals surface area contributed by atoms with Gasteiger partial charge in [-0.05, 0) is 25.0 Å². The first-order chi connectivity index (χ1) is 10.0. The number of aromatic carboxylic acids is 1. The summed E-state index contributed by atoms with van der Waals surface area (Å²) >= 11 is 0. The second-order valence-corrected chi connectivity index (χ2v) is 4.44. The average Bonchev–Trinajstić information content (AvgIpc) is 2.85. The summed E-state index contributed by atoms with van der Waals surface area (Å²) in [5.41, 5.74) is 1.14. The van der Waals surface area contributed by atoms with E-state index in [0.717, 1.165) is 0 Å². The summed E-state index contributed by atoms with van der Waals surface area (Å²) in [6, 6.07) is 6.34. The van der Waals surface area contributed by atoms with E-state index in [0.29, 0.717) is 29.9 Å². The molecule has 7 nitrogen and oxygen atoms in total. The van der Waals surface area contributed by atoms with Gasteiger partial charge in [-0.25, -0.2) is 9.48 Å². The highest BCUT2D eigenvalue weighted by molar-refractivity contribution is 5.92. The van der Waals surface area contributed by atoms with Crippen molar-refractivity contribution in [2.45, 2.75) is 26.7 Å². The summed E-state index contributed by atoms with van der Waals surface area (Å²) in [5.74, 6) is -1.09. The summed E-state index contributed by atoms with van der Waals surface area (Å²) < 4.78 is 1.38. The van der Waals surface area contributed by atoms with Gasteiger partial charge in [-0.3, -0.25) is 10.1 Å². The zero-order chi connectivity index (χ0) is 15.6. The van der Waals surface area contributed by atoms with Crippen LogP contribution in [0.1, 0.15) is 35.6 Å². The molecule has 0 saturated heterocycles.